The molecule has 0 heterocycles. The van der Waals surface area contributed by atoms with E-state index in [2.05, 4.69) is 6.92 Å². The van der Waals surface area contributed by atoms with Gasteiger partial charge >= 0.3 is 5.97 Å². The maximum atomic E-state index is 11.2. The van der Waals surface area contributed by atoms with E-state index >= 15 is 0 Å². The molecule has 0 aromatic carbocycles. The Balaban J connectivity index is 3.12. The lowest BCUT2D eigenvalue weighted by Gasteiger charge is -2.04. The fourth-order valence-electron chi connectivity index (χ4n) is 0.783. The van der Waals surface area contributed by atoms with Gasteiger partial charge in [-0.15, -0.1) is 23.5 Å². The number of aliphatic hydroxyl groups is 1. The number of carbonyl (C=O) groups excluding carboxylic acids is 1. The first-order valence-electron chi connectivity index (χ1n) is 5.38. The van der Waals surface area contributed by atoms with E-state index in [1.54, 1.807) is 23.5 Å². The Morgan fingerprint density at radius 3 is 2.59 bits per heavy atom. The van der Waals surface area contributed by atoms with Crippen molar-refractivity contribution in [2.24, 2.45) is 0 Å². The number of aliphatic hydroxyl groups excluding tert-OH is 1. The van der Waals surface area contributed by atoms with Gasteiger partial charge < -0.3 is 9.84 Å². The predicted octanol–water partition coefficient (Wildman–Crippen LogP) is 2.39. The van der Waals surface area contributed by atoms with Crippen LogP contribution in [0.3, 0.4) is 0 Å². The minimum atomic E-state index is -0.136. The molecular formula is C10H20O3S4. The average molecular weight is 317 g/mol. The van der Waals surface area contributed by atoms with E-state index in [-0.39, 0.29) is 12.6 Å². The summed E-state index contributed by atoms with van der Waals surface area (Å²) in [5.74, 6) is 2.92. The minimum absolute atomic E-state index is 0.136. The molecule has 0 aliphatic heterocycles. The maximum Gasteiger partial charge on any atom is 0.315 e. The number of rotatable bonds is 12. The summed E-state index contributed by atoms with van der Waals surface area (Å²) < 4.78 is 5.04. The van der Waals surface area contributed by atoms with E-state index in [4.69, 9.17) is 9.84 Å². The van der Waals surface area contributed by atoms with Crippen LogP contribution in [0.1, 0.15) is 6.92 Å². The number of hydrogen-bond donors (Lipinski definition) is 1. The molecule has 1 N–H and O–H groups in total. The van der Waals surface area contributed by atoms with E-state index in [1.165, 1.54) is 0 Å². The van der Waals surface area contributed by atoms with Crippen molar-refractivity contribution in [1.82, 2.24) is 0 Å². The molecule has 7 heteroatoms. The fraction of sp³-hybridized carbons (Fsp3) is 0.900. The highest BCUT2D eigenvalue weighted by Gasteiger charge is 2.02. The van der Waals surface area contributed by atoms with Crippen molar-refractivity contribution < 1.29 is 14.6 Å². The second kappa shape index (κ2) is 14.9. The Hall–Kier alpha value is 0.830. The summed E-state index contributed by atoms with van der Waals surface area (Å²) in [4.78, 5) is 11.2. The first kappa shape index (κ1) is 17.8. The normalized spacial score (nSPS) is 10.5. The highest BCUT2D eigenvalue weighted by atomic mass is 32.2. The first-order valence-corrected chi connectivity index (χ1v) is 10.0. The van der Waals surface area contributed by atoms with Crippen molar-refractivity contribution in [1.29, 1.82) is 0 Å². The second-order valence-electron chi connectivity index (χ2n) is 2.84. The van der Waals surface area contributed by atoms with E-state index in [9.17, 15) is 4.79 Å². The highest BCUT2D eigenvalue weighted by Crippen LogP contribution is 2.17. The maximum absolute atomic E-state index is 11.2. The lowest BCUT2D eigenvalue weighted by molar-refractivity contribution is -0.139. The van der Waals surface area contributed by atoms with Crippen LogP contribution < -0.4 is 0 Å². The summed E-state index contributed by atoms with van der Waals surface area (Å²) in [6.07, 6.45) is 0. The topological polar surface area (TPSA) is 46.5 Å². The largest absolute Gasteiger partial charge is 0.464 e. The van der Waals surface area contributed by atoms with Gasteiger partial charge in [0.15, 0.2) is 0 Å². The van der Waals surface area contributed by atoms with Crippen LogP contribution in [-0.4, -0.2) is 57.5 Å². The van der Waals surface area contributed by atoms with Gasteiger partial charge in [-0.25, -0.2) is 0 Å². The fourth-order valence-corrected chi connectivity index (χ4v) is 4.39. The van der Waals surface area contributed by atoms with Gasteiger partial charge in [-0.2, -0.15) is 23.5 Å². The molecule has 0 aromatic heterocycles. The van der Waals surface area contributed by atoms with Crippen molar-refractivity contribution in [3.63, 3.8) is 0 Å². The molecule has 0 radical (unpaired) electrons. The van der Waals surface area contributed by atoms with Gasteiger partial charge in [-0.1, -0.05) is 6.92 Å². The Labute approximate surface area is 121 Å². The molecule has 0 saturated carbocycles. The van der Waals surface area contributed by atoms with E-state index in [1.807, 2.05) is 23.5 Å². The quantitative estimate of drug-likeness (QED) is 0.337. The molecule has 0 fully saturated rings. The third kappa shape index (κ3) is 14.8. The molecule has 0 aliphatic rings. The molecule has 0 unspecified atom stereocenters. The number of hydrogen-bond acceptors (Lipinski definition) is 7. The zero-order valence-corrected chi connectivity index (χ0v) is 13.3. The van der Waals surface area contributed by atoms with Gasteiger partial charge in [-0.05, 0) is 5.75 Å². The Morgan fingerprint density at radius 1 is 1.12 bits per heavy atom. The van der Waals surface area contributed by atoms with Gasteiger partial charge in [0, 0.05) is 21.7 Å². The third-order valence-electron chi connectivity index (χ3n) is 1.48. The molecule has 102 valence electrons. The molecule has 0 amide bonds. The van der Waals surface area contributed by atoms with Gasteiger partial charge in [0.1, 0.15) is 6.61 Å². The SMILES string of the molecule is CCSCSCSCC(=O)OCCSCCO. The van der Waals surface area contributed by atoms with Crippen molar-refractivity contribution in [3.8, 4) is 0 Å². The van der Waals surface area contributed by atoms with Crippen molar-refractivity contribution >= 4 is 53.0 Å². The summed E-state index contributed by atoms with van der Waals surface area (Å²) in [7, 11) is 0. The van der Waals surface area contributed by atoms with Crippen LogP contribution in [0.15, 0.2) is 0 Å². The molecule has 0 rings (SSSR count). The first-order chi connectivity index (χ1) is 8.31. The van der Waals surface area contributed by atoms with Crippen LogP contribution in [0.5, 0.6) is 0 Å². The van der Waals surface area contributed by atoms with Crippen LogP contribution in [-0.2, 0) is 9.53 Å². The lowest BCUT2D eigenvalue weighted by Crippen LogP contribution is -2.10. The molecule has 0 spiro atoms. The summed E-state index contributed by atoms with van der Waals surface area (Å²) in [5.41, 5.74) is 0. The molecule has 3 nitrogen and oxygen atoms in total. The van der Waals surface area contributed by atoms with Crippen LogP contribution in [0, 0.1) is 0 Å². The van der Waals surface area contributed by atoms with Crippen LogP contribution in [0.2, 0.25) is 0 Å². The second-order valence-corrected chi connectivity index (χ2v) is 8.04. The Morgan fingerprint density at radius 2 is 1.88 bits per heavy atom. The highest BCUT2D eigenvalue weighted by molar-refractivity contribution is 8.22. The third-order valence-corrected chi connectivity index (χ3v) is 5.93. The molecular weight excluding hydrogens is 296 g/mol. The van der Waals surface area contributed by atoms with Crippen LogP contribution >= 0.6 is 47.0 Å². The van der Waals surface area contributed by atoms with E-state index in [0.717, 1.165) is 21.7 Å². The molecule has 0 aromatic rings. The van der Waals surface area contributed by atoms with Gasteiger partial charge in [0.25, 0.3) is 0 Å². The van der Waals surface area contributed by atoms with Crippen LogP contribution in [0.4, 0.5) is 0 Å². The predicted molar refractivity (Wildman–Crippen MR) is 83.3 cm³/mol. The molecule has 0 atom stereocenters. The summed E-state index contributed by atoms with van der Waals surface area (Å²) in [6, 6.07) is 0. The van der Waals surface area contributed by atoms with Crippen LogP contribution in [0.25, 0.3) is 0 Å². The van der Waals surface area contributed by atoms with E-state index in [0.29, 0.717) is 18.1 Å². The van der Waals surface area contributed by atoms with Gasteiger partial charge in [-0.3, -0.25) is 4.79 Å². The number of thioether (sulfide) groups is 4. The molecule has 0 aliphatic carbocycles. The lowest BCUT2D eigenvalue weighted by atomic mass is 10.8. The van der Waals surface area contributed by atoms with Crippen molar-refractivity contribution in [2.45, 2.75) is 6.92 Å². The van der Waals surface area contributed by atoms with Gasteiger partial charge in [0.2, 0.25) is 0 Å². The summed E-state index contributed by atoms with van der Waals surface area (Å²) in [5, 5.41) is 10.6. The Kier molecular flexibility index (Phi) is 15.6. The summed E-state index contributed by atoms with van der Waals surface area (Å²) >= 11 is 6.94. The number of carbonyl (C=O) groups is 1. The zero-order chi connectivity index (χ0) is 12.8. The minimum Gasteiger partial charge on any atom is -0.464 e. The van der Waals surface area contributed by atoms with Crippen molar-refractivity contribution in [2.75, 3.05) is 46.4 Å². The number of esters is 1. The number of ether oxygens (including phenoxy) is 1. The molecule has 0 bridgehead atoms. The molecule has 0 saturated heterocycles. The van der Waals surface area contributed by atoms with Crippen molar-refractivity contribution in [3.05, 3.63) is 0 Å². The van der Waals surface area contributed by atoms with E-state index < -0.39 is 0 Å². The Bertz CT molecular complexity index is 181. The average Bonchev–Trinajstić information content (AvgIpc) is 2.33. The standard InChI is InChI=1S/C10H20O3S4/c1-2-14-8-17-9-16-7-10(12)13-4-6-15-5-3-11/h11H,2-9H2,1H3. The summed E-state index contributed by atoms with van der Waals surface area (Å²) in [6.45, 7) is 2.77. The molecule has 17 heavy (non-hydrogen) atoms. The van der Waals surface area contributed by atoms with Gasteiger partial charge in [0.05, 0.1) is 12.4 Å². The zero-order valence-electron chi connectivity index (χ0n) is 10.1. The smallest absolute Gasteiger partial charge is 0.315 e. The monoisotopic (exact) mass is 316 g/mol.